The Morgan fingerprint density at radius 3 is 2.71 bits per heavy atom. The van der Waals surface area contributed by atoms with E-state index < -0.39 is 0 Å². The summed E-state index contributed by atoms with van der Waals surface area (Å²) < 4.78 is 10.4. The Morgan fingerprint density at radius 1 is 1.29 bits per heavy atom. The Morgan fingerprint density at radius 2 is 2.12 bits per heavy atom. The van der Waals surface area contributed by atoms with E-state index in [1.807, 2.05) is 12.1 Å². The molecule has 0 saturated heterocycles. The Hall–Kier alpha value is -2.01. The first-order chi connectivity index (χ1) is 8.28. The van der Waals surface area contributed by atoms with Gasteiger partial charge in [0.15, 0.2) is 0 Å². The van der Waals surface area contributed by atoms with Gasteiger partial charge in [-0.25, -0.2) is 4.98 Å². The second-order valence-corrected chi connectivity index (χ2v) is 3.47. The van der Waals surface area contributed by atoms with Crippen molar-refractivity contribution < 1.29 is 14.6 Å². The zero-order chi connectivity index (χ0) is 12.3. The van der Waals surface area contributed by atoms with Crippen LogP contribution >= 0.6 is 0 Å². The zero-order valence-electron chi connectivity index (χ0n) is 9.73. The fourth-order valence-corrected chi connectivity index (χ4v) is 1.60. The topological polar surface area (TPSA) is 67.4 Å². The van der Waals surface area contributed by atoms with E-state index in [0.29, 0.717) is 11.6 Å². The molecule has 0 aliphatic carbocycles. The molecule has 0 spiro atoms. The van der Waals surface area contributed by atoms with Crippen molar-refractivity contribution in [2.75, 3.05) is 14.2 Å². The van der Waals surface area contributed by atoms with Crippen molar-refractivity contribution in [1.82, 2.24) is 9.97 Å². The highest BCUT2D eigenvalue weighted by Crippen LogP contribution is 2.32. The summed E-state index contributed by atoms with van der Waals surface area (Å²) in [4.78, 5) is 7.05. The summed E-state index contributed by atoms with van der Waals surface area (Å²) in [7, 11) is 3.20. The number of nitrogens with zero attached hydrogens (tertiary/aromatic N) is 1. The van der Waals surface area contributed by atoms with Gasteiger partial charge in [-0.1, -0.05) is 0 Å². The third kappa shape index (κ3) is 2.24. The first-order valence-corrected chi connectivity index (χ1v) is 5.15. The van der Waals surface area contributed by atoms with Gasteiger partial charge in [0.25, 0.3) is 0 Å². The van der Waals surface area contributed by atoms with Crippen LogP contribution < -0.4 is 9.47 Å². The number of aromatic amines is 1. The van der Waals surface area contributed by atoms with Crippen molar-refractivity contribution in [2.24, 2.45) is 0 Å². The van der Waals surface area contributed by atoms with Gasteiger partial charge in [0.1, 0.15) is 23.9 Å². The van der Waals surface area contributed by atoms with Crippen LogP contribution in [0.1, 0.15) is 5.82 Å². The molecule has 1 heterocycles. The Balaban J connectivity index is 2.43. The van der Waals surface area contributed by atoms with E-state index in [4.69, 9.17) is 14.6 Å². The van der Waals surface area contributed by atoms with Gasteiger partial charge in [-0.05, 0) is 12.1 Å². The quantitative estimate of drug-likeness (QED) is 0.843. The van der Waals surface area contributed by atoms with Crippen LogP contribution in [0.5, 0.6) is 11.5 Å². The van der Waals surface area contributed by atoms with Crippen LogP contribution in [-0.2, 0) is 6.61 Å². The van der Waals surface area contributed by atoms with Crippen LogP contribution in [0.25, 0.3) is 11.3 Å². The second-order valence-electron chi connectivity index (χ2n) is 3.47. The maximum Gasteiger partial charge on any atom is 0.132 e. The summed E-state index contributed by atoms with van der Waals surface area (Å²) in [5, 5.41) is 8.96. The highest BCUT2D eigenvalue weighted by molar-refractivity contribution is 5.68. The monoisotopic (exact) mass is 234 g/mol. The molecule has 0 atom stereocenters. The fraction of sp³-hybridized carbons (Fsp3) is 0.250. The molecule has 90 valence electrons. The van der Waals surface area contributed by atoms with Crippen molar-refractivity contribution in [2.45, 2.75) is 6.61 Å². The van der Waals surface area contributed by atoms with Crippen LogP contribution in [0.4, 0.5) is 0 Å². The van der Waals surface area contributed by atoms with Crippen LogP contribution in [0.15, 0.2) is 24.4 Å². The highest BCUT2D eigenvalue weighted by Gasteiger charge is 2.09. The lowest BCUT2D eigenvalue weighted by Crippen LogP contribution is -1.91. The predicted octanol–water partition coefficient (Wildman–Crippen LogP) is 1.59. The number of hydrogen-bond acceptors (Lipinski definition) is 4. The van der Waals surface area contributed by atoms with Gasteiger partial charge in [-0.2, -0.15) is 0 Å². The van der Waals surface area contributed by atoms with Gasteiger partial charge in [0.2, 0.25) is 0 Å². The van der Waals surface area contributed by atoms with Gasteiger partial charge in [0.05, 0.1) is 26.1 Å². The molecule has 2 aromatic rings. The maximum absolute atomic E-state index is 8.96. The molecular formula is C12H14N2O3. The lowest BCUT2D eigenvalue weighted by atomic mass is 10.1. The first kappa shape index (κ1) is 11.5. The number of hydrogen-bond donors (Lipinski definition) is 2. The Kier molecular flexibility index (Phi) is 3.30. The van der Waals surface area contributed by atoms with Crippen LogP contribution in [0.3, 0.4) is 0 Å². The molecule has 17 heavy (non-hydrogen) atoms. The van der Waals surface area contributed by atoms with Crippen molar-refractivity contribution in [1.29, 1.82) is 0 Å². The molecule has 5 heteroatoms. The Labute approximate surface area is 99.0 Å². The fourth-order valence-electron chi connectivity index (χ4n) is 1.60. The number of nitrogens with one attached hydrogen (secondary N) is 1. The van der Waals surface area contributed by atoms with Gasteiger partial charge in [0, 0.05) is 11.6 Å². The normalized spacial score (nSPS) is 10.3. The number of benzene rings is 1. The second kappa shape index (κ2) is 4.88. The van der Waals surface area contributed by atoms with Crippen LogP contribution in [0, 0.1) is 0 Å². The molecule has 0 saturated carbocycles. The highest BCUT2D eigenvalue weighted by atomic mass is 16.5. The van der Waals surface area contributed by atoms with E-state index in [1.165, 1.54) is 0 Å². The van der Waals surface area contributed by atoms with Gasteiger partial charge in [-0.15, -0.1) is 0 Å². The lowest BCUT2D eigenvalue weighted by molar-refractivity contribution is 0.272. The van der Waals surface area contributed by atoms with E-state index in [2.05, 4.69) is 9.97 Å². The molecule has 0 amide bonds. The number of ether oxygens (including phenoxy) is 2. The minimum absolute atomic E-state index is 0.113. The van der Waals surface area contributed by atoms with Crippen molar-refractivity contribution in [3.05, 3.63) is 30.2 Å². The van der Waals surface area contributed by atoms with E-state index in [-0.39, 0.29) is 6.61 Å². The zero-order valence-corrected chi connectivity index (χ0v) is 9.73. The molecule has 0 radical (unpaired) electrons. The van der Waals surface area contributed by atoms with Gasteiger partial charge in [-0.3, -0.25) is 0 Å². The number of methoxy groups -OCH3 is 2. The van der Waals surface area contributed by atoms with Crippen LogP contribution in [-0.4, -0.2) is 29.3 Å². The number of rotatable bonds is 4. The standard InChI is InChI=1S/C12H14N2O3/c1-16-8-3-4-9(11(5-8)17-2)10-6-13-12(7-15)14-10/h3-6,15H,7H2,1-2H3,(H,13,14). The summed E-state index contributed by atoms with van der Waals surface area (Å²) >= 11 is 0. The third-order valence-electron chi connectivity index (χ3n) is 2.48. The average molecular weight is 234 g/mol. The largest absolute Gasteiger partial charge is 0.497 e. The molecule has 0 aliphatic heterocycles. The number of H-pyrrole nitrogens is 1. The van der Waals surface area contributed by atoms with Crippen molar-refractivity contribution >= 4 is 0 Å². The SMILES string of the molecule is COc1ccc(-c2cnc(CO)[nH]2)c(OC)c1. The van der Waals surface area contributed by atoms with Gasteiger partial charge < -0.3 is 19.6 Å². The van der Waals surface area contributed by atoms with E-state index in [0.717, 1.165) is 17.0 Å². The summed E-state index contributed by atoms with van der Waals surface area (Å²) in [6, 6.07) is 5.53. The summed E-state index contributed by atoms with van der Waals surface area (Å²) in [5.41, 5.74) is 1.68. The van der Waals surface area contributed by atoms with Gasteiger partial charge >= 0.3 is 0 Å². The minimum Gasteiger partial charge on any atom is -0.497 e. The molecule has 5 nitrogen and oxygen atoms in total. The van der Waals surface area contributed by atoms with E-state index in [1.54, 1.807) is 26.5 Å². The molecule has 0 aliphatic rings. The summed E-state index contributed by atoms with van der Waals surface area (Å²) in [6.07, 6.45) is 1.66. The summed E-state index contributed by atoms with van der Waals surface area (Å²) in [6.45, 7) is -0.113. The van der Waals surface area contributed by atoms with E-state index in [9.17, 15) is 0 Å². The maximum atomic E-state index is 8.96. The molecule has 1 aromatic carbocycles. The molecule has 2 rings (SSSR count). The lowest BCUT2D eigenvalue weighted by Gasteiger charge is -2.08. The molecule has 1 aromatic heterocycles. The molecular weight excluding hydrogens is 220 g/mol. The van der Waals surface area contributed by atoms with Crippen molar-refractivity contribution in [3.63, 3.8) is 0 Å². The Bertz CT molecular complexity index is 508. The average Bonchev–Trinajstić information content (AvgIpc) is 2.86. The first-order valence-electron chi connectivity index (χ1n) is 5.15. The third-order valence-corrected chi connectivity index (χ3v) is 2.48. The number of aromatic nitrogens is 2. The summed E-state index contributed by atoms with van der Waals surface area (Å²) in [5.74, 6) is 1.95. The van der Waals surface area contributed by atoms with E-state index >= 15 is 0 Å². The molecule has 0 unspecified atom stereocenters. The molecule has 0 fully saturated rings. The smallest absolute Gasteiger partial charge is 0.132 e. The minimum atomic E-state index is -0.113. The molecule has 2 N–H and O–H groups in total. The predicted molar refractivity (Wildman–Crippen MR) is 63.1 cm³/mol. The van der Waals surface area contributed by atoms with Crippen LogP contribution in [0.2, 0.25) is 0 Å². The number of aliphatic hydroxyl groups excluding tert-OH is 1. The van der Waals surface area contributed by atoms with Crippen molar-refractivity contribution in [3.8, 4) is 22.8 Å². The molecule has 0 bridgehead atoms. The number of imidazole rings is 1. The number of aliphatic hydroxyl groups is 1.